The molecule has 2 aliphatic heterocycles. The van der Waals surface area contributed by atoms with Gasteiger partial charge in [0.2, 0.25) is 12.2 Å². The second-order valence-corrected chi connectivity index (χ2v) is 5.66. The number of fused-ring (bicyclic) bond motifs is 2. The maximum absolute atomic E-state index is 11.9. The Kier molecular flexibility index (Phi) is 4.91. The van der Waals surface area contributed by atoms with Crippen LogP contribution in [0.2, 0.25) is 5.02 Å². The van der Waals surface area contributed by atoms with Gasteiger partial charge in [-0.05, 0) is 18.2 Å². The van der Waals surface area contributed by atoms with E-state index in [1.54, 1.807) is 18.2 Å². The summed E-state index contributed by atoms with van der Waals surface area (Å²) in [5, 5.41) is 12.0. The minimum atomic E-state index is -1.36. The second kappa shape index (κ2) is 7.12. The summed E-state index contributed by atoms with van der Waals surface area (Å²) in [7, 11) is 0. The average molecular weight is 367 g/mol. The normalized spacial score (nSPS) is 18.0. The number of aliphatic imine (C=N–C) groups is 1. The number of nitrogens with one attached hydrogen (secondary N) is 1. The Morgan fingerprint density at radius 1 is 1.44 bits per heavy atom. The van der Waals surface area contributed by atoms with Crippen LogP contribution in [0.1, 0.15) is 18.9 Å². The van der Waals surface area contributed by atoms with Gasteiger partial charge >= 0.3 is 5.97 Å². The summed E-state index contributed by atoms with van der Waals surface area (Å²) < 4.78 is 16.0. The van der Waals surface area contributed by atoms with Crippen LogP contribution in [0.25, 0.3) is 6.08 Å². The summed E-state index contributed by atoms with van der Waals surface area (Å²) in [4.78, 5) is 26.4. The van der Waals surface area contributed by atoms with E-state index in [2.05, 4.69) is 10.3 Å². The molecule has 0 radical (unpaired) electrons. The molecule has 0 saturated heterocycles. The number of carbonyl (C=O) groups is 2. The lowest BCUT2D eigenvalue weighted by Crippen LogP contribution is -2.43. The van der Waals surface area contributed by atoms with Crippen molar-refractivity contribution in [1.29, 1.82) is 0 Å². The topological polar surface area (TPSA) is 106 Å². The van der Waals surface area contributed by atoms with Crippen molar-refractivity contribution in [2.75, 3.05) is 13.2 Å². The lowest BCUT2D eigenvalue weighted by molar-refractivity contribution is -0.141. The quantitative estimate of drug-likeness (QED) is 0.600. The molecular formula is C16H15ClN2O6. The van der Waals surface area contributed by atoms with Crippen LogP contribution in [0, 0.1) is 0 Å². The summed E-state index contributed by atoms with van der Waals surface area (Å²) in [6, 6.07) is 3.36. The molecule has 0 bridgehead atoms. The van der Waals surface area contributed by atoms with E-state index >= 15 is 0 Å². The Morgan fingerprint density at radius 3 is 3.00 bits per heavy atom. The Morgan fingerprint density at radius 2 is 2.24 bits per heavy atom. The molecule has 2 heterocycles. The van der Waals surface area contributed by atoms with E-state index in [4.69, 9.17) is 25.8 Å². The molecule has 25 heavy (non-hydrogen) atoms. The van der Waals surface area contributed by atoms with Crippen molar-refractivity contribution in [2.45, 2.75) is 19.7 Å². The first-order valence-electron chi connectivity index (χ1n) is 7.51. The SMILES string of the molecule is CC(=O)OCCCOc1ccc2c(c1Cl)OC1=NC(O)NC(=O)C1=C2. The molecule has 2 aliphatic rings. The Bertz CT molecular complexity index is 789. The van der Waals surface area contributed by atoms with Gasteiger partial charge in [-0.2, -0.15) is 4.99 Å². The Hall–Kier alpha value is -2.58. The van der Waals surface area contributed by atoms with E-state index in [1.165, 1.54) is 6.92 Å². The van der Waals surface area contributed by atoms with Gasteiger partial charge < -0.3 is 24.6 Å². The van der Waals surface area contributed by atoms with Gasteiger partial charge in [0.25, 0.3) is 5.91 Å². The van der Waals surface area contributed by atoms with Crippen molar-refractivity contribution < 1.29 is 28.9 Å². The lowest BCUT2D eigenvalue weighted by atomic mass is 10.0. The first-order chi connectivity index (χ1) is 12.0. The molecule has 0 spiro atoms. The van der Waals surface area contributed by atoms with E-state index in [1.807, 2.05) is 0 Å². The molecule has 1 unspecified atom stereocenters. The average Bonchev–Trinajstić information content (AvgIpc) is 2.55. The fraction of sp³-hybridized carbons (Fsp3) is 0.312. The highest BCUT2D eigenvalue weighted by Crippen LogP contribution is 2.41. The molecule has 132 valence electrons. The highest BCUT2D eigenvalue weighted by atomic mass is 35.5. The predicted molar refractivity (Wildman–Crippen MR) is 88.4 cm³/mol. The third-order valence-electron chi connectivity index (χ3n) is 3.42. The zero-order valence-electron chi connectivity index (χ0n) is 13.2. The Balaban J connectivity index is 1.75. The van der Waals surface area contributed by atoms with Crippen molar-refractivity contribution in [3.8, 4) is 11.5 Å². The molecule has 0 saturated carbocycles. The summed E-state index contributed by atoms with van der Waals surface area (Å²) in [5.74, 6) is -0.143. The zero-order chi connectivity index (χ0) is 18.0. The summed E-state index contributed by atoms with van der Waals surface area (Å²) in [5.41, 5.74) is 0.807. The maximum Gasteiger partial charge on any atom is 0.302 e. The highest BCUT2D eigenvalue weighted by molar-refractivity contribution is 6.35. The number of rotatable bonds is 5. The van der Waals surface area contributed by atoms with Crippen molar-refractivity contribution in [3.63, 3.8) is 0 Å². The number of aliphatic hydroxyl groups excluding tert-OH is 1. The zero-order valence-corrected chi connectivity index (χ0v) is 14.0. The predicted octanol–water partition coefficient (Wildman–Crippen LogP) is 1.25. The van der Waals surface area contributed by atoms with E-state index < -0.39 is 12.3 Å². The van der Waals surface area contributed by atoms with Gasteiger partial charge in [-0.1, -0.05) is 11.6 Å². The summed E-state index contributed by atoms with van der Waals surface area (Å²) in [6.07, 6.45) is 0.729. The number of halogens is 1. The number of benzene rings is 1. The molecule has 9 heteroatoms. The molecule has 1 aromatic rings. The number of hydrogen-bond acceptors (Lipinski definition) is 7. The van der Waals surface area contributed by atoms with Crippen LogP contribution in [0.5, 0.6) is 11.5 Å². The summed E-state index contributed by atoms with van der Waals surface area (Å²) >= 11 is 6.31. The van der Waals surface area contributed by atoms with Crippen molar-refractivity contribution in [1.82, 2.24) is 5.32 Å². The van der Waals surface area contributed by atoms with Crippen LogP contribution in [-0.2, 0) is 14.3 Å². The van der Waals surface area contributed by atoms with Gasteiger partial charge in [0, 0.05) is 18.9 Å². The van der Waals surface area contributed by atoms with Crippen LogP contribution in [0.3, 0.4) is 0 Å². The Labute approximate surface area is 148 Å². The van der Waals surface area contributed by atoms with Crippen LogP contribution < -0.4 is 14.8 Å². The van der Waals surface area contributed by atoms with Crippen molar-refractivity contribution in [3.05, 3.63) is 28.3 Å². The molecule has 0 aliphatic carbocycles. The van der Waals surface area contributed by atoms with Gasteiger partial charge in [0.1, 0.15) is 16.3 Å². The standard InChI is InChI=1S/C16H15ClN2O6/c1-8(20)23-5-2-6-24-11-4-3-9-7-10-14(21)18-16(22)19-15(10)25-13(9)12(11)17/h3-4,7,16,22H,2,5-6H2,1H3,(H,18,21). The van der Waals surface area contributed by atoms with E-state index in [9.17, 15) is 14.7 Å². The third-order valence-corrected chi connectivity index (χ3v) is 3.77. The van der Waals surface area contributed by atoms with Crippen molar-refractivity contribution >= 4 is 35.5 Å². The van der Waals surface area contributed by atoms with Gasteiger partial charge in [0.15, 0.2) is 5.75 Å². The first-order valence-corrected chi connectivity index (χ1v) is 7.89. The van der Waals surface area contributed by atoms with Gasteiger partial charge in [-0.3, -0.25) is 9.59 Å². The van der Waals surface area contributed by atoms with Crippen LogP contribution in [0.15, 0.2) is 22.7 Å². The van der Waals surface area contributed by atoms with E-state index in [0.717, 1.165) is 0 Å². The van der Waals surface area contributed by atoms with Gasteiger partial charge in [0.05, 0.1) is 13.2 Å². The van der Waals surface area contributed by atoms with Crippen LogP contribution >= 0.6 is 11.6 Å². The largest absolute Gasteiger partial charge is 0.492 e. The third kappa shape index (κ3) is 3.75. The van der Waals surface area contributed by atoms with E-state index in [0.29, 0.717) is 30.1 Å². The molecule has 1 atom stereocenters. The second-order valence-electron chi connectivity index (χ2n) is 5.28. The highest BCUT2D eigenvalue weighted by Gasteiger charge is 2.31. The number of nitrogens with zero attached hydrogens (tertiary/aromatic N) is 1. The molecule has 0 aromatic heterocycles. The fourth-order valence-electron chi connectivity index (χ4n) is 2.30. The van der Waals surface area contributed by atoms with Crippen LogP contribution in [0.4, 0.5) is 0 Å². The van der Waals surface area contributed by atoms with E-state index in [-0.39, 0.29) is 29.1 Å². The molecule has 2 N–H and O–H groups in total. The lowest BCUT2D eigenvalue weighted by Gasteiger charge is -2.25. The number of esters is 1. The minimum Gasteiger partial charge on any atom is -0.492 e. The summed E-state index contributed by atoms with van der Waals surface area (Å²) in [6.45, 7) is 1.89. The van der Waals surface area contributed by atoms with Gasteiger partial charge in [-0.25, -0.2) is 0 Å². The molecule has 1 amide bonds. The number of ether oxygens (including phenoxy) is 3. The number of aliphatic hydroxyl groups is 1. The van der Waals surface area contributed by atoms with Gasteiger partial charge in [-0.15, -0.1) is 0 Å². The number of hydrogen-bond donors (Lipinski definition) is 2. The monoisotopic (exact) mass is 366 g/mol. The fourth-order valence-corrected chi connectivity index (χ4v) is 2.57. The maximum atomic E-state index is 11.9. The molecule has 3 rings (SSSR count). The minimum absolute atomic E-state index is 0.00217. The molecule has 1 aromatic carbocycles. The number of carbonyl (C=O) groups excluding carboxylic acids is 2. The molecular weight excluding hydrogens is 352 g/mol. The molecule has 8 nitrogen and oxygen atoms in total. The number of amides is 1. The van der Waals surface area contributed by atoms with Crippen LogP contribution in [-0.4, -0.2) is 42.4 Å². The molecule has 0 fully saturated rings. The smallest absolute Gasteiger partial charge is 0.302 e. The first kappa shape index (κ1) is 17.2. The van der Waals surface area contributed by atoms with Crippen molar-refractivity contribution in [2.24, 2.45) is 4.99 Å².